The summed E-state index contributed by atoms with van der Waals surface area (Å²) >= 11 is 0. The third-order valence-corrected chi connectivity index (χ3v) is 6.03. The van der Waals surface area contributed by atoms with E-state index in [0.29, 0.717) is 24.3 Å². The number of amides is 1. The molecule has 1 N–H and O–H groups in total. The molecular weight excluding hydrogens is 445 g/mol. The van der Waals surface area contributed by atoms with E-state index in [1.165, 1.54) is 0 Å². The van der Waals surface area contributed by atoms with Crippen molar-refractivity contribution in [1.29, 1.82) is 0 Å². The summed E-state index contributed by atoms with van der Waals surface area (Å²) < 4.78 is 38.3. The number of aryl methyl sites for hydroxylation is 1. The fraction of sp³-hybridized carbons (Fsp3) is 0.375. The Hall–Kier alpha value is -3.56. The zero-order valence-corrected chi connectivity index (χ0v) is 18.9. The molecule has 2 atom stereocenters. The summed E-state index contributed by atoms with van der Waals surface area (Å²) in [4.78, 5) is 31.8. The molecule has 3 aromatic heterocycles. The molecule has 2 unspecified atom stereocenters. The number of hydrogen-bond donors (Lipinski definition) is 1. The molecule has 3 aromatic rings. The maximum Gasteiger partial charge on any atom is 0.419 e. The molecule has 0 radical (unpaired) electrons. The number of carbonyl (C=O) groups is 1. The van der Waals surface area contributed by atoms with E-state index in [9.17, 15) is 18.0 Å². The fourth-order valence-electron chi connectivity index (χ4n) is 4.18. The van der Waals surface area contributed by atoms with Crippen LogP contribution in [-0.2, 0) is 6.18 Å². The second-order valence-electron chi connectivity index (χ2n) is 8.45. The van der Waals surface area contributed by atoms with Crippen LogP contribution in [0.25, 0.3) is 11.1 Å². The topological polar surface area (TPSA) is 83.9 Å². The van der Waals surface area contributed by atoms with E-state index in [2.05, 4.69) is 32.2 Å². The number of aromatic nitrogens is 4. The predicted octanol–water partition coefficient (Wildman–Crippen LogP) is 4.61. The summed E-state index contributed by atoms with van der Waals surface area (Å²) in [6.07, 6.45) is 2.16. The Morgan fingerprint density at radius 1 is 1.18 bits per heavy atom. The molecule has 10 heteroatoms. The van der Waals surface area contributed by atoms with Crippen LogP contribution >= 0.6 is 0 Å². The van der Waals surface area contributed by atoms with Crippen molar-refractivity contribution in [3.8, 4) is 11.1 Å². The summed E-state index contributed by atoms with van der Waals surface area (Å²) in [5.41, 5.74) is 1.69. The number of nitrogens with one attached hydrogen (secondary N) is 1. The van der Waals surface area contributed by atoms with Crippen LogP contribution in [-0.4, -0.2) is 49.9 Å². The summed E-state index contributed by atoms with van der Waals surface area (Å²) in [7, 11) is 0. The first-order valence-corrected chi connectivity index (χ1v) is 11.1. The SMILES string of the molecule is Cc1ccc(-c2cccnc2)c(C(=O)N2CCCC(C)C2CNc2ncc(C(F)(F)F)cn2)n1. The van der Waals surface area contributed by atoms with Crippen LogP contribution in [0.5, 0.6) is 0 Å². The van der Waals surface area contributed by atoms with Gasteiger partial charge in [0, 0.05) is 54.7 Å². The Kier molecular flexibility index (Phi) is 6.76. The number of piperidine rings is 1. The van der Waals surface area contributed by atoms with Crippen LogP contribution in [0.3, 0.4) is 0 Å². The average molecular weight is 470 g/mol. The normalized spacial score (nSPS) is 18.6. The van der Waals surface area contributed by atoms with Gasteiger partial charge in [0.05, 0.1) is 11.6 Å². The van der Waals surface area contributed by atoms with Crippen molar-refractivity contribution in [3.05, 3.63) is 66.0 Å². The van der Waals surface area contributed by atoms with Gasteiger partial charge >= 0.3 is 6.18 Å². The summed E-state index contributed by atoms with van der Waals surface area (Å²) in [5.74, 6) is 0.0726. The van der Waals surface area contributed by atoms with Gasteiger partial charge in [-0.15, -0.1) is 0 Å². The molecule has 4 rings (SSSR count). The zero-order valence-electron chi connectivity index (χ0n) is 18.9. The smallest absolute Gasteiger partial charge is 0.352 e. The van der Waals surface area contributed by atoms with Crippen molar-refractivity contribution >= 4 is 11.9 Å². The Balaban J connectivity index is 1.57. The number of carbonyl (C=O) groups excluding carboxylic acids is 1. The fourth-order valence-corrected chi connectivity index (χ4v) is 4.18. The lowest BCUT2D eigenvalue weighted by Gasteiger charge is -2.40. The lowest BCUT2D eigenvalue weighted by atomic mass is 9.90. The highest BCUT2D eigenvalue weighted by molar-refractivity contribution is 5.99. The third-order valence-electron chi connectivity index (χ3n) is 6.03. The minimum absolute atomic E-state index is 0.0860. The predicted molar refractivity (Wildman–Crippen MR) is 121 cm³/mol. The quantitative estimate of drug-likeness (QED) is 0.586. The molecule has 0 saturated carbocycles. The second kappa shape index (κ2) is 9.74. The molecule has 1 aliphatic heterocycles. The van der Waals surface area contributed by atoms with E-state index in [-0.39, 0.29) is 23.8 Å². The Morgan fingerprint density at radius 2 is 1.94 bits per heavy atom. The van der Waals surface area contributed by atoms with Gasteiger partial charge in [0.25, 0.3) is 5.91 Å². The highest BCUT2D eigenvalue weighted by Gasteiger charge is 2.34. The van der Waals surface area contributed by atoms with Crippen LogP contribution in [0.4, 0.5) is 19.1 Å². The van der Waals surface area contributed by atoms with Crippen molar-refractivity contribution < 1.29 is 18.0 Å². The minimum Gasteiger partial charge on any atom is -0.352 e. The average Bonchev–Trinajstić information content (AvgIpc) is 2.83. The lowest BCUT2D eigenvalue weighted by molar-refractivity contribution is -0.138. The van der Waals surface area contributed by atoms with Gasteiger partial charge in [-0.2, -0.15) is 13.2 Å². The van der Waals surface area contributed by atoms with E-state index in [0.717, 1.165) is 36.5 Å². The molecule has 1 aliphatic rings. The van der Waals surface area contributed by atoms with Gasteiger partial charge in [-0.05, 0) is 37.8 Å². The van der Waals surface area contributed by atoms with Crippen molar-refractivity contribution in [2.45, 2.75) is 38.9 Å². The number of pyridine rings is 2. The van der Waals surface area contributed by atoms with Crippen LogP contribution in [0.1, 0.15) is 41.5 Å². The molecule has 34 heavy (non-hydrogen) atoms. The van der Waals surface area contributed by atoms with Crippen molar-refractivity contribution in [3.63, 3.8) is 0 Å². The number of rotatable bonds is 5. The monoisotopic (exact) mass is 470 g/mol. The number of anilines is 1. The Bertz CT molecular complexity index is 1140. The first-order valence-electron chi connectivity index (χ1n) is 11.1. The summed E-state index contributed by atoms with van der Waals surface area (Å²) in [5, 5.41) is 3.00. The van der Waals surface area contributed by atoms with Gasteiger partial charge < -0.3 is 10.2 Å². The number of halogens is 3. The van der Waals surface area contributed by atoms with Crippen LogP contribution in [0.2, 0.25) is 0 Å². The maximum absolute atomic E-state index is 13.7. The standard InChI is InChI=1S/C24H25F3N6O/c1-15-5-4-10-33(20(15)14-31-23-29-12-18(13-30-23)24(25,26)27)22(34)21-19(8-7-16(2)32-21)17-6-3-9-28-11-17/h3,6-9,11-13,15,20H,4-5,10,14H2,1-2H3,(H,29,30,31). The van der Waals surface area contributed by atoms with Crippen LogP contribution < -0.4 is 5.32 Å². The van der Waals surface area contributed by atoms with E-state index in [4.69, 9.17) is 0 Å². The van der Waals surface area contributed by atoms with Gasteiger partial charge in [0.1, 0.15) is 5.69 Å². The van der Waals surface area contributed by atoms with Gasteiger partial charge in [-0.25, -0.2) is 15.0 Å². The van der Waals surface area contributed by atoms with Gasteiger partial charge in [-0.1, -0.05) is 19.1 Å². The van der Waals surface area contributed by atoms with Gasteiger partial charge in [-0.3, -0.25) is 9.78 Å². The minimum atomic E-state index is -4.49. The van der Waals surface area contributed by atoms with E-state index >= 15 is 0 Å². The molecule has 7 nitrogen and oxygen atoms in total. The molecule has 1 saturated heterocycles. The van der Waals surface area contributed by atoms with Crippen molar-refractivity contribution in [2.24, 2.45) is 5.92 Å². The first kappa shape index (κ1) is 23.6. The molecule has 1 fully saturated rings. The van der Waals surface area contributed by atoms with E-state index < -0.39 is 11.7 Å². The van der Waals surface area contributed by atoms with Crippen molar-refractivity contribution in [1.82, 2.24) is 24.8 Å². The molecule has 1 amide bonds. The van der Waals surface area contributed by atoms with Gasteiger partial charge in [0.2, 0.25) is 5.95 Å². The molecular formula is C24H25F3N6O. The number of hydrogen-bond acceptors (Lipinski definition) is 6. The summed E-state index contributed by atoms with van der Waals surface area (Å²) in [6, 6.07) is 7.23. The maximum atomic E-state index is 13.7. The molecule has 0 spiro atoms. The zero-order chi connectivity index (χ0) is 24.3. The molecule has 178 valence electrons. The molecule has 0 aliphatic carbocycles. The first-order chi connectivity index (χ1) is 16.2. The molecule has 0 aromatic carbocycles. The van der Waals surface area contributed by atoms with Crippen molar-refractivity contribution in [2.75, 3.05) is 18.4 Å². The number of alkyl halides is 3. The van der Waals surface area contributed by atoms with Crippen LogP contribution in [0, 0.1) is 12.8 Å². The second-order valence-corrected chi connectivity index (χ2v) is 8.45. The summed E-state index contributed by atoms with van der Waals surface area (Å²) in [6.45, 7) is 4.77. The molecule has 4 heterocycles. The number of nitrogens with zero attached hydrogens (tertiary/aromatic N) is 5. The Labute approximate surface area is 195 Å². The van der Waals surface area contributed by atoms with E-state index in [1.54, 1.807) is 17.3 Å². The largest absolute Gasteiger partial charge is 0.419 e. The number of likely N-dealkylation sites (tertiary alicyclic amines) is 1. The third kappa shape index (κ3) is 5.16. The van der Waals surface area contributed by atoms with Gasteiger partial charge in [0.15, 0.2) is 0 Å². The van der Waals surface area contributed by atoms with Crippen LogP contribution in [0.15, 0.2) is 49.1 Å². The van der Waals surface area contributed by atoms with E-state index in [1.807, 2.05) is 31.2 Å². The highest BCUT2D eigenvalue weighted by Crippen LogP contribution is 2.30. The Morgan fingerprint density at radius 3 is 2.62 bits per heavy atom. The molecule has 0 bridgehead atoms. The lowest BCUT2D eigenvalue weighted by Crippen LogP contribution is -2.51. The highest BCUT2D eigenvalue weighted by atomic mass is 19.4.